The maximum absolute atomic E-state index is 11.3. The van der Waals surface area contributed by atoms with Gasteiger partial charge in [-0.15, -0.1) is 0 Å². The van der Waals surface area contributed by atoms with Gasteiger partial charge in [-0.05, 0) is 41.8 Å². The first-order chi connectivity index (χ1) is 15.5. The molecule has 0 saturated heterocycles. The number of rotatable bonds is 10. The Morgan fingerprint density at radius 2 is 1.73 bits per heavy atom. The molecule has 0 fully saturated rings. The Balaban J connectivity index is 1.78. The number of oxazole rings is 1. The lowest BCUT2D eigenvalue weighted by Gasteiger charge is -2.27. The molecule has 178 valence electrons. The Bertz CT molecular complexity index is 1190. The number of hydrogen-bond donors (Lipinski definition) is 2. The average molecular weight is 512 g/mol. The van der Waals surface area contributed by atoms with Crippen LogP contribution in [0.1, 0.15) is 44.1 Å². The van der Waals surface area contributed by atoms with E-state index in [1.807, 2.05) is 43.3 Å². The first-order valence-corrected chi connectivity index (χ1v) is 13.0. The molecule has 0 amide bonds. The first-order valence-electron chi connectivity index (χ1n) is 10.4. The van der Waals surface area contributed by atoms with Crippen molar-refractivity contribution in [1.82, 2.24) is 9.71 Å². The third-order valence-corrected chi connectivity index (χ3v) is 6.41. The summed E-state index contributed by atoms with van der Waals surface area (Å²) in [5.74, 6) is 1.34. The molecule has 10 heteroatoms. The molecular weight excluding hydrogens is 485 g/mol. The summed E-state index contributed by atoms with van der Waals surface area (Å²) in [6, 6.07) is 11.6. The predicted molar refractivity (Wildman–Crippen MR) is 132 cm³/mol. The molecule has 2 aromatic carbocycles. The van der Waals surface area contributed by atoms with Gasteiger partial charge in [0.1, 0.15) is 0 Å². The normalized spacial score (nSPS) is 12.1. The summed E-state index contributed by atoms with van der Waals surface area (Å²) < 4.78 is 36.0. The van der Waals surface area contributed by atoms with Gasteiger partial charge in [0.15, 0.2) is 23.7 Å². The van der Waals surface area contributed by atoms with Gasteiger partial charge in [0.2, 0.25) is 10.0 Å². The molecule has 1 heterocycles. The largest absolute Gasteiger partial charge is 0.490 e. The molecule has 0 saturated carbocycles. The molecule has 0 atom stereocenters. The number of sulfonamides is 1. The van der Waals surface area contributed by atoms with E-state index in [1.165, 1.54) is 6.39 Å². The lowest BCUT2D eigenvalue weighted by molar-refractivity contribution is 0.317. The van der Waals surface area contributed by atoms with E-state index in [4.69, 9.17) is 32.4 Å². The summed E-state index contributed by atoms with van der Waals surface area (Å²) >= 11 is 12.9. The van der Waals surface area contributed by atoms with Crippen LogP contribution in [0, 0.1) is 0 Å². The van der Waals surface area contributed by atoms with Gasteiger partial charge in [-0.2, -0.15) is 4.98 Å². The molecular formula is C23H27Cl2N3O4S. The second-order valence-electron chi connectivity index (χ2n) is 8.16. The van der Waals surface area contributed by atoms with E-state index in [-0.39, 0.29) is 12.0 Å². The van der Waals surface area contributed by atoms with Gasteiger partial charge < -0.3 is 14.5 Å². The molecule has 7 nitrogen and oxygen atoms in total. The van der Waals surface area contributed by atoms with Gasteiger partial charge in [0.05, 0.1) is 29.5 Å². The maximum atomic E-state index is 11.3. The fraction of sp³-hybridized carbons (Fsp3) is 0.348. The number of hydrogen-bond acceptors (Lipinski definition) is 6. The Kier molecular flexibility index (Phi) is 7.95. The Labute approximate surface area is 204 Å². The van der Waals surface area contributed by atoms with Crippen LogP contribution in [-0.4, -0.2) is 26.3 Å². The van der Waals surface area contributed by atoms with E-state index < -0.39 is 10.0 Å². The molecule has 0 radical (unpaired) electrons. The molecule has 33 heavy (non-hydrogen) atoms. The van der Waals surface area contributed by atoms with Gasteiger partial charge in [0.25, 0.3) is 0 Å². The van der Waals surface area contributed by atoms with Crippen molar-refractivity contribution in [3.63, 3.8) is 0 Å². The third kappa shape index (κ3) is 6.41. The smallest absolute Gasteiger partial charge is 0.209 e. The molecule has 0 aliphatic heterocycles. The zero-order valence-corrected chi connectivity index (χ0v) is 21.2. The molecule has 0 bridgehead atoms. The summed E-state index contributed by atoms with van der Waals surface area (Å²) in [4.78, 5) is 4.13. The Morgan fingerprint density at radius 1 is 1.09 bits per heavy atom. The lowest BCUT2D eigenvalue weighted by atomic mass is 9.78. The van der Waals surface area contributed by atoms with Gasteiger partial charge in [-0.25, -0.2) is 13.1 Å². The zero-order valence-electron chi connectivity index (χ0n) is 18.9. The number of nitrogens with zero attached hydrogens (tertiary/aromatic N) is 1. The highest BCUT2D eigenvalue weighted by molar-refractivity contribution is 7.88. The quantitative estimate of drug-likeness (QED) is 0.352. The summed E-state index contributed by atoms with van der Waals surface area (Å²) in [5.41, 5.74) is 2.44. The molecule has 3 rings (SSSR count). The number of ether oxygens (including phenoxy) is 1. The number of benzene rings is 2. The minimum atomic E-state index is -3.34. The highest BCUT2D eigenvalue weighted by atomic mass is 35.5. The second kappa shape index (κ2) is 10.3. The molecule has 0 unspecified atom stereocenters. The van der Waals surface area contributed by atoms with Crippen molar-refractivity contribution in [3.05, 3.63) is 69.7 Å². The average Bonchev–Trinajstić information content (AvgIpc) is 3.18. The van der Waals surface area contributed by atoms with Crippen LogP contribution in [0.5, 0.6) is 5.75 Å². The minimum Gasteiger partial charge on any atom is -0.490 e. The van der Waals surface area contributed by atoms with E-state index in [2.05, 4.69) is 28.9 Å². The van der Waals surface area contributed by atoms with Crippen LogP contribution in [0.3, 0.4) is 0 Å². The SMILES string of the molecule is CCCOc1c(Cl)cc(C(C)(C)c2ccc(Nc3ncoc3CNS(C)(=O)=O)cc2)cc1Cl. The topological polar surface area (TPSA) is 93.5 Å². The van der Waals surface area contributed by atoms with Gasteiger partial charge in [0, 0.05) is 11.1 Å². The summed E-state index contributed by atoms with van der Waals surface area (Å²) in [7, 11) is -3.34. The summed E-state index contributed by atoms with van der Waals surface area (Å²) in [5, 5.41) is 4.12. The summed E-state index contributed by atoms with van der Waals surface area (Å²) in [6.07, 6.45) is 3.22. The number of halogens is 2. The van der Waals surface area contributed by atoms with Crippen molar-refractivity contribution < 1.29 is 17.6 Å². The lowest BCUT2D eigenvalue weighted by Crippen LogP contribution is -2.21. The number of nitrogens with one attached hydrogen (secondary N) is 2. The first kappa shape index (κ1) is 25.4. The molecule has 2 N–H and O–H groups in total. The van der Waals surface area contributed by atoms with Crippen molar-refractivity contribution in [2.75, 3.05) is 18.2 Å². The van der Waals surface area contributed by atoms with Gasteiger partial charge in [-0.3, -0.25) is 0 Å². The van der Waals surface area contributed by atoms with E-state index in [1.54, 1.807) is 0 Å². The van der Waals surface area contributed by atoms with Crippen molar-refractivity contribution in [1.29, 1.82) is 0 Å². The van der Waals surface area contributed by atoms with E-state index in [0.717, 1.165) is 29.5 Å². The van der Waals surface area contributed by atoms with Crippen LogP contribution in [0.25, 0.3) is 0 Å². The van der Waals surface area contributed by atoms with Crippen LogP contribution in [0.2, 0.25) is 10.0 Å². The monoisotopic (exact) mass is 511 g/mol. The minimum absolute atomic E-state index is 0.00572. The van der Waals surface area contributed by atoms with Crippen molar-refractivity contribution in [2.45, 2.75) is 39.2 Å². The van der Waals surface area contributed by atoms with Crippen molar-refractivity contribution >= 4 is 44.7 Å². The molecule has 0 aliphatic carbocycles. The van der Waals surface area contributed by atoms with Crippen LogP contribution in [0.15, 0.2) is 47.2 Å². The zero-order chi connectivity index (χ0) is 24.2. The number of aromatic nitrogens is 1. The molecule has 0 spiro atoms. The highest BCUT2D eigenvalue weighted by Crippen LogP contribution is 2.40. The number of anilines is 2. The van der Waals surface area contributed by atoms with Gasteiger partial charge >= 0.3 is 0 Å². The summed E-state index contributed by atoms with van der Waals surface area (Å²) in [6.45, 7) is 6.76. The van der Waals surface area contributed by atoms with Gasteiger partial charge in [-0.1, -0.05) is 56.1 Å². The fourth-order valence-electron chi connectivity index (χ4n) is 3.23. The van der Waals surface area contributed by atoms with Crippen LogP contribution >= 0.6 is 23.2 Å². The Morgan fingerprint density at radius 3 is 2.30 bits per heavy atom. The fourth-order valence-corrected chi connectivity index (χ4v) is 4.22. The molecule has 3 aromatic rings. The Hall–Kier alpha value is -2.26. The van der Waals surface area contributed by atoms with E-state index in [9.17, 15) is 8.42 Å². The third-order valence-electron chi connectivity index (χ3n) is 5.18. The van der Waals surface area contributed by atoms with E-state index >= 15 is 0 Å². The molecule has 0 aliphatic rings. The van der Waals surface area contributed by atoms with Crippen LogP contribution in [0.4, 0.5) is 11.5 Å². The van der Waals surface area contributed by atoms with Crippen LogP contribution in [-0.2, 0) is 22.0 Å². The van der Waals surface area contributed by atoms with Crippen molar-refractivity contribution in [2.24, 2.45) is 0 Å². The second-order valence-corrected chi connectivity index (χ2v) is 10.8. The van der Waals surface area contributed by atoms with Crippen molar-refractivity contribution in [3.8, 4) is 5.75 Å². The predicted octanol–water partition coefficient (Wildman–Crippen LogP) is 5.89. The maximum Gasteiger partial charge on any atom is 0.209 e. The highest BCUT2D eigenvalue weighted by Gasteiger charge is 2.25. The molecule has 1 aromatic heterocycles. The van der Waals surface area contributed by atoms with Crippen LogP contribution < -0.4 is 14.8 Å². The standard InChI is InChI=1S/C23H27Cl2N3O4S/c1-5-10-31-21-18(24)11-16(12-19(21)25)23(2,3)15-6-8-17(9-7-15)28-22-20(32-14-26-22)13-27-33(4,29)30/h6-9,11-12,14,27-28H,5,10,13H2,1-4H3. The van der Waals surface area contributed by atoms with E-state index in [0.29, 0.717) is 34.0 Å².